The van der Waals surface area contributed by atoms with Gasteiger partial charge in [0.15, 0.2) is 0 Å². The zero-order valence-corrected chi connectivity index (χ0v) is 11.4. The molecule has 0 atom stereocenters. The molecule has 5 nitrogen and oxygen atoms in total. The summed E-state index contributed by atoms with van der Waals surface area (Å²) in [4.78, 5) is 4.47. The Morgan fingerprint density at radius 2 is 2.18 bits per heavy atom. The highest BCUT2D eigenvalue weighted by atomic mass is 32.1. The van der Waals surface area contributed by atoms with Crippen LogP contribution in [0.4, 0.5) is 5.13 Å². The predicted octanol–water partition coefficient (Wildman–Crippen LogP) is 2.18. The molecule has 2 aromatic rings. The SMILES string of the molecule is Cn1ccc(CNc2nc(C(C)(C)C)ns2)n1. The Morgan fingerprint density at radius 3 is 2.71 bits per heavy atom. The molecule has 6 heteroatoms. The average Bonchev–Trinajstić information content (AvgIpc) is 2.82. The van der Waals surface area contributed by atoms with E-state index in [4.69, 9.17) is 0 Å². The van der Waals surface area contributed by atoms with Crippen molar-refractivity contribution in [1.82, 2.24) is 19.1 Å². The van der Waals surface area contributed by atoms with Crippen LogP contribution in [0.5, 0.6) is 0 Å². The largest absolute Gasteiger partial charge is 0.355 e. The van der Waals surface area contributed by atoms with Gasteiger partial charge in [-0.05, 0) is 6.07 Å². The number of anilines is 1. The van der Waals surface area contributed by atoms with Gasteiger partial charge in [-0.3, -0.25) is 4.68 Å². The second-order valence-corrected chi connectivity index (χ2v) is 5.76. The topological polar surface area (TPSA) is 55.6 Å². The van der Waals surface area contributed by atoms with Gasteiger partial charge in [0.1, 0.15) is 5.82 Å². The molecule has 0 aliphatic heterocycles. The second kappa shape index (κ2) is 4.44. The standard InChI is InChI=1S/C11H17N5S/c1-11(2,3)9-13-10(17-15-9)12-7-8-5-6-16(4)14-8/h5-6H,7H2,1-4H3,(H,12,13,15). The van der Waals surface area contributed by atoms with Crippen LogP contribution in [0.3, 0.4) is 0 Å². The molecular weight excluding hydrogens is 234 g/mol. The molecule has 0 fully saturated rings. The molecule has 0 radical (unpaired) electrons. The highest BCUT2D eigenvalue weighted by molar-refractivity contribution is 7.09. The first-order valence-electron chi connectivity index (χ1n) is 5.52. The normalized spacial score (nSPS) is 11.8. The lowest BCUT2D eigenvalue weighted by atomic mass is 9.96. The lowest BCUT2D eigenvalue weighted by Crippen LogP contribution is -2.13. The number of nitrogens with zero attached hydrogens (tertiary/aromatic N) is 4. The Hall–Kier alpha value is -1.43. The molecule has 0 aliphatic carbocycles. The molecule has 1 N–H and O–H groups in total. The van der Waals surface area contributed by atoms with E-state index in [1.807, 2.05) is 19.3 Å². The zero-order chi connectivity index (χ0) is 12.5. The molecule has 2 rings (SSSR count). The fourth-order valence-electron chi connectivity index (χ4n) is 1.32. The van der Waals surface area contributed by atoms with E-state index in [2.05, 4.69) is 40.5 Å². The number of aryl methyl sites for hydroxylation is 1. The summed E-state index contributed by atoms with van der Waals surface area (Å²) in [5, 5.41) is 8.38. The van der Waals surface area contributed by atoms with Gasteiger partial charge in [0.05, 0.1) is 12.2 Å². The molecule has 0 bridgehead atoms. The third-order valence-corrected chi connectivity index (χ3v) is 2.96. The monoisotopic (exact) mass is 251 g/mol. The van der Waals surface area contributed by atoms with Gasteiger partial charge in [-0.1, -0.05) is 20.8 Å². The zero-order valence-electron chi connectivity index (χ0n) is 10.6. The van der Waals surface area contributed by atoms with Crippen molar-refractivity contribution in [2.75, 3.05) is 5.32 Å². The maximum atomic E-state index is 4.47. The first-order valence-corrected chi connectivity index (χ1v) is 6.29. The van der Waals surface area contributed by atoms with E-state index in [0.717, 1.165) is 16.6 Å². The van der Waals surface area contributed by atoms with E-state index in [0.29, 0.717) is 6.54 Å². The molecule has 0 amide bonds. The molecular formula is C11H17N5S. The van der Waals surface area contributed by atoms with Crippen LogP contribution in [0.25, 0.3) is 0 Å². The summed E-state index contributed by atoms with van der Waals surface area (Å²) in [5.41, 5.74) is 1.00. The minimum atomic E-state index is 0.00142. The Bertz CT molecular complexity index is 494. The van der Waals surface area contributed by atoms with Crippen LogP contribution >= 0.6 is 11.5 Å². The first kappa shape index (κ1) is 12.0. The first-order chi connectivity index (χ1) is 7.95. The van der Waals surface area contributed by atoms with Gasteiger partial charge in [-0.15, -0.1) is 0 Å². The van der Waals surface area contributed by atoms with Gasteiger partial charge in [-0.25, -0.2) is 4.98 Å². The van der Waals surface area contributed by atoms with Crippen LogP contribution in [0.1, 0.15) is 32.3 Å². The summed E-state index contributed by atoms with van der Waals surface area (Å²) in [6.07, 6.45) is 1.93. The minimum absolute atomic E-state index is 0.00142. The van der Waals surface area contributed by atoms with E-state index >= 15 is 0 Å². The summed E-state index contributed by atoms with van der Waals surface area (Å²) >= 11 is 1.40. The molecule has 17 heavy (non-hydrogen) atoms. The fraction of sp³-hybridized carbons (Fsp3) is 0.545. The van der Waals surface area contributed by atoms with Crippen LogP contribution in [-0.2, 0) is 19.0 Å². The summed E-state index contributed by atoms with van der Waals surface area (Å²) in [6, 6.07) is 1.98. The fourth-order valence-corrected chi connectivity index (χ4v) is 2.08. The number of hydrogen-bond donors (Lipinski definition) is 1. The van der Waals surface area contributed by atoms with Gasteiger partial charge in [0.2, 0.25) is 5.13 Å². The maximum Gasteiger partial charge on any atom is 0.202 e. The average molecular weight is 251 g/mol. The molecule has 0 spiro atoms. The number of nitrogens with one attached hydrogen (secondary N) is 1. The van der Waals surface area contributed by atoms with E-state index < -0.39 is 0 Å². The summed E-state index contributed by atoms with van der Waals surface area (Å²) in [5.74, 6) is 0.881. The minimum Gasteiger partial charge on any atom is -0.355 e. The summed E-state index contributed by atoms with van der Waals surface area (Å²) < 4.78 is 6.14. The molecule has 0 aromatic carbocycles. The Balaban J connectivity index is 1.98. The summed E-state index contributed by atoms with van der Waals surface area (Å²) in [6.45, 7) is 7.01. The molecule has 0 aliphatic rings. The van der Waals surface area contributed by atoms with Crippen molar-refractivity contribution in [3.8, 4) is 0 Å². The molecule has 0 saturated heterocycles. The highest BCUT2D eigenvalue weighted by Crippen LogP contribution is 2.23. The van der Waals surface area contributed by atoms with E-state index in [1.165, 1.54) is 11.5 Å². The quantitative estimate of drug-likeness (QED) is 0.908. The molecule has 0 unspecified atom stereocenters. The van der Waals surface area contributed by atoms with Gasteiger partial charge >= 0.3 is 0 Å². The molecule has 2 heterocycles. The van der Waals surface area contributed by atoms with Gasteiger partial charge in [0.25, 0.3) is 0 Å². The van der Waals surface area contributed by atoms with Crippen molar-refractivity contribution in [2.45, 2.75) is 32.7 Å². The van der Waals surface area contributed by atoms with Crippen LogP contribution in [0.2, 0.25) is 0 Å². The third-order valence-electron chi connectivity index (χ3n) is 2.29. The lowest BCUT2D eigenvalue weighted by Gasteiger charge is -2.12. The Kier molecular flexibility index (Phi) is 3.15. The van der Waals surface area contributed by atoms with Crippen LogP contribution in [0.15, 0.2) is 12.3 Å². The maximum absolute atomic E-state index is 4.47. The number of aromatic nitrogens is 4. The Morgan fingerprint density at radius 1 is 1.41 bits per heavy atom. The molecule has 92 valence electrons. The van der Waals surface area contributed by atoms with Crippen LogP contribution in [-0.4, -0.2) is 19.1 Å². The second-order valence-electron chi connectivity index (χ2n) is 5.01. The van der Waals surface area contributed by atoms with Crippen molar-refractivity contribution >= 4 is 16.7 Å². The predicted molar refractivity (Wildman–Crippen MR) is 69.1 cm³/mol. The van der Waals surface area contributed by atoms with Crippen LogP contribution in [0, 0.1) is 0 Å². The van der Waals surface area contributed by atoms with Crippen molar-refractivity contribution in [3.05, 3.63) is 23.8 Å². The molecule has 2 aromatic heterocycles. The van der Waals surface area contributed by atoms with Gasteiger partial charge in [0, 0.05) is 30.2 Å². The number of hydrogen-bond acceptors (Lipinski definition) is 5. The number of rotatable bonds is 3. The van der Waals surface area contributed by atoms with E-state index in [-0.39, 0.29) is 5.41 Å². The summed E-state index contributed by atoms with van der Waals surface area (Å²) in [7, 11) is 1.91. The molecule has 0 saturated carbocycles. The Labute approximate surface area is 105 Å². The third kappa shape index (κ3) is 3.03. The van der Waals surface area contributed by atoms with Gasteiger partial charge < -0.3 is 5.32 Å². The highest BCUT2D eigenvalue weighted by Gasteiger charge is 2.19. The van der Waals surface area contributed by atoms with E-state index in [1.54, 1.807) is 4.68 Å². The van der Waals surface area contributed by atoms with Crippen molar-refractivity contribution in [2.24, 2.45) is 7.05 Å². The van der Waals surface area contributed by atoms with Crippen molar-refractivity contribution in [3.63, 3.8) is 0 Å². The van der Waals surface area contributed by atoms with Crippen molar-refractivity contribution < 1.29 is 0 Å². The smallest absolute Gasteiger partial charge is 0.202 e. The van der Waals surface area contributed by atoms with Gasteiger partial charge in [-0.2, -0.15) is 9.47 Å². The lowest BCUT2D eigenvalue weighted by molar-refractivity contribution is 0.555. The van der Waals surface area contributed by atoms with Crippen molar-refractivity contribution in [1.29, 1.82) is 0 Å². The van der Waals surface area contributed by atoms with E-state index in [9.17, 15) is 0 Å². The van der Waals surface area contributed by atoms with Crippen LogP contribution < -0.4 is 5.32 Å².